The molecule has 0 radical (unpaired) electrons. The standard InChI is InChI=1S/C16H16IN5O4/c1-16(2)25-8-6-24-14(10(8)26-16)22-12(7-4-3-5-23-7)19-9-11(18)20-15(17)21-13(9)22/h3-5,8,10,14H,6H2,1-2H3,(H2,18,20,21)/t8-,10-,14+/m0/s1. The molecular formula is C16H16IN5O4. The third-order valence-electron chi connectivity index (χ3n) is 4.47. The minimum Gasteiger partial charge on any atom is -0.461 e. The van der Waals surface area contributed by atoms with E-state index in [1.165, 1.54) is 0 Å². The zero-order chi connectivity index (χ0) is 18.1. The molecule has 0 unspecified atom stereocenters. The maximum Gasteiger partial charge on any atom is 0.194 e. The molecule has 2 saturated heterocycles. The summed E-state index contributed by atoms with van der Waals surface area (Å²) in [5.74, 6) is 0.792. The van der Waals surface area contributed by atoms with Crippen molar-refractivity contribution in [3.8, 4) is 11.6 Å². The number of halogens is 1. The van der Waals surface area contributed by atoms with Gasteiger partial charge in [0.05, 0.1) is 12.9 Å². The molecule has 26 heavy (non-hydrogen) atoms. The fourth-order valence-electron chi connectivity index (χ4n) is 3.53. The van der Waals surface area contributed by atoms with Gasteiger partial charge >= 0.3 is 0 Å². The SMILES string of the molecule is CC1(C)O[C@H]2[C@H](CO[C@H]2n2c(-c3ccco3)nc3c(N)nc(I)nc32)O1. The monoisotopic (exact) mass is 469 g/mol. The third kappa shape index (κ3) is 2.43. The van der Waals surface area contributed by atoms with E-state index in [-0.39, 0.29) is 12.2 Å². The van der Waals surface area contributed by atoms with Gasteiger partial charge in [-0.25, -0.2) is 15.0 Å². The van der Waals surface area contributed by atoms with Gasteiger partial charge in [-0.1, -0.05) is 0 Å². The summed E-state index contributed by atoms with van der Waals surface area (Å²) >= 11 is 2.03. The summed E-state index contributed by atoms with van der Waals surface area (Å²) in [7, 11) is 0. The molecule has 2 aliphatic rings. The Morgan fingerprint density at radius 3 is 2.88 bits per heavy atom. The van der Waals surface area contributed by atoms with E-state index in [9.17, 15) is 0 Å². The summed E-state index contributed by atoms with van der Waals surface area (Å²) in [4.78, 5) is 13.4. The summed E-state index contributed by atoms with van der Waals surface area (Å²) in [6, 6.07) is 3.63. The Morgan fingerprint density at radius 2 is 2.12 bits per heavy atom. The van der Waals surface area contributed by atoms with Crippen molar-refractivity contribution in [1.29, 1.82) is 0 Å². The molecule has 3 aromatic heterocycles. The van der Waals surface area contributed by atoms with Crippen molar-refractivity contribution in [3.05, 3.63) is 22.2 Å². The Balaban J connectivity index is 1.72. The fraction of sp³-hybridized carbons (Fsp3) is 0.438. The fourth-order valence-corrected chi connectivity index (χ4v) is 4.02. The molecule has 3 atom stereocenters. The van der Waals surface area contributed by atoms with Gasteiger partial charge in [0.2, 0.25) is 0 Å². The number of rotatable bonds is 2. The van der Waals surface area contributed by atoms with Crippen LogP contribution in [-0.2, 0) is 14.2 Å². The molecule has 9 nitrogen and oxygen atoms in total. The Bertz CT molecular complexity index is 986. The number of anilines is 1. The van der Waals surface area contributed by atoms with Crippen molar-refractivity contribution in [2.45, 2.75) is 38.1 Å². The predicted molar refractivity (Wildman–Crippen MR) is 99.0 cm³/mol. The number of fused-ring (bicyclic) bond motifs is 2. The topological polar surface area (TPSA) is 110 Å². The lowest BCUT2D eigenvalue weighted by atomic mass is 10.2. The lowest BCUT2D eigenvalue weighted by Gasteiger charge is -2.23. The van der Waals surface area contributed by atoms with Crippen LogP contribution in [0.3, 0.4) is 0 Å². The molecular weight excluding hydrogens is 453 g/mol. The summed E-state index contributed by atoms with van der Waals surface area (Å²) in [6.45, 7) is 4.21. The highest BCUT2D eigenvalue weighted by molar-refractivity contribution is 14.1. The first-order valence-electron chi connectivity index (χ1n) is 8.15. The molecule has 0 bridgehead atoms. The molecule has 2 N–H and O–H groups in total. The van der Waals surface area contributed by atoms with Crippen LogP contribution < -0.4 is 5.73 Å². The second-order valence-corrected chi connectivity index (χ2v) is 7.66. The number of nitrogens with two attached hydrogens (primary N) is 1. The highest BCUT2D eigenvalue weighted by atomic mass is 127. The van der Waals surface area contributed by atoms with E-state index in [0.29, 0.717) is 39.0 Å². The van der Waals surface area contributed by atoms with Crippen molar-refractivity contribution in [3.63, 3.8) is 0 Å². The Morgan fingerprint density at radius 1 is 1.27 bits per heavy atom. The van der Waals surface area contributed by atoms with Crippen LogP contribution in [0, 0.1) is 3.83 Å². The Hall–Kier alpha value is -1.76. The molecule has 3 aromatic rings. The quantitative estimate of drug-likeness (QED) is 0.450. The molecule has 0 aromatic carbocycles. The van der Waals surface area contributed by atoms with Gasteiger partial charge in [0.15, 0.2) is 44.4 Å². The first kappa shape index (κ1) is 16.4. The maximum atomic E-state index is 6.09. The lowest BCUT2D eigenvalue weighted by molar-refractivity contribution is -0.183. The van der Waals surface area contributed by atoms with E-state index >= 15 is 0 Å². The average Bonchev–Trinajstić information content (AvgIpc) is 3.29. The van der Waals surface area contributed by atoms with E-state index in [1.54, 1.807) is 12.3 Å². The van der Waals surface area contributed by atoms with Crippen LogP contribution >= 0.6 is 22.6 Å². The van der Waals surface area contributed by atoms with Crippen LogP contribution in [0.15, 0.2) is 22.8 Å². The van der Waals surface area contributed by atoms with Crippen LogP contribution in [0.1, 0.15) is 20.1 Å². The van der Waals surface area contributed by atoms with Gasteiger partial charge in [0.25, 0.3) is 0 Å². The van der Waals surface area contributed by atoms with E-state index in [4.69, 9.17) is 24.4 Å². The van der Waals surface area contributed by atoms with E-state index < -0.39 is 12.0 Å². The van der Waals surface area contributed by atoms with Crippen LogP contribution in [-0.4, -0.2) is 44.1 Å². The summed E-state index contributed by atoms with van der Waals surface area (Å²) in [6.07, 6.45) is 0.686. The Kier molecular flexibility index (Phi) is 3.55. The number of nitrogen functional groups attached to an aromatic ring is 1. The molecule has 0 saturated carbocycles. The zero-order valence-electron chi connectivity index (χ0n) is 14.0. The van der Waals surface area contributed by atoms with Crippen LogP contribution in [0.25, 0.3) is 22.7 Å². The lowest BCUT2D eigenvalue weighted by Crippen LogP contribution is -2.28. The van der Waals surface area contributed by atoms with E-state index in [1.807, 2.05) is 47.1 Å². The van der Waals surface area contributed by atoms with Gasteiger partial charge in [-0.15, -0.1) is 0 Å². The molecule has 2 aliphatic heterocycles. The zero-order valence-corrected chi connectivity index (χ0v) is 16.2. The second kappa shape index (κ2) is 5.62. The van der Waals surface area contributed by atoms with Gasteiger partial charge in [-0.2, -0.15) is 0 Å². The first-order valence-corrected chi connectivity index (χ1v) is 9.23. The van der Waals surface area contributed by atoms with Gasteiger partial charge < -0.3 is 24.4 Å². The number of imidazole rings is 1. The second-order valence-electron chi connectivity index (χ2n) is 6.70. The number of aromatic nitrogens is 4. The van der Waals surface area contributed by atoms with Crippen LogP contribution in [0.5, 0.6) is 0 Å². The number of furan rings is 1. The number of hydrogen-bond acceptors (Lipinski definition) is 8. The van der Waals surface area contributed by atoms with E-state index in [0.717, 1.165) is 0 Å². The number of ether oxygens (including phenoxy) is 3. The van der Waals surface area contributed by atoms with Gasteiger partial charge in [-0.3, -0.25) is 4.57 Å². The highest BCUT2D eigenvalue weighted by Crippen LogP contribution is 2.42. The van der Waals surface area contributed by atoms with Crippen molar-refractivity contribution < 1.29 is 18.6 Å². The predicted octanol–water partition coefficient (Wildman–Crippen LogP) is 2.32. The first-order chi connectivity index (χ1) is 12.4. The van der Waals surface area contributed by atoms with Gasteiger partial charge in [-0.05, 0) is 26.0 Å². The third-order valence-corrected chi connectivity index (χ3v) is 4.95. The molecule has 5 heterocycles. The normalized spacial score (nSPS) is 27.3. The average molecular weight is 469 g/mol. The van der Waals surface area contributed by atoms with E-state index in [2.05, 4.69) is 15.0 Å². The molecule has 2 fully saturated rings. The molecule has 10 heteroatoms. The number of hydrogen-bond donors (Lipinski definition) is 1. The van der Waals surface area contributed by atoms with Crippen LogP contribution in [0.4, 0.5) is 5.82 Å². The number of nitrogens with zero attached hydrogens (tertiary/aromatic N) is 4. The molecule has 0 amide bonds. The van der Waals surface area contributed by atoms with Crippen molar-refractivity contribution in [2.24, 2.45) is 0 Å². The van der Waals surface area contributed by atoms with Gasteiger partial charge in [0, 0.05) is 22.6 Å². The van der Waals surface area contributed by atoms with Crippen LogP contribution in [0.2, 0.25) is 0 Å². The Labute approximate surface area is 162 Å². The summed E-state index contributed by atoms with van der Waals surface area (Å²) in [5.41, 5.74) is 7.16. The molecule has 0 spiro atoms. The van der Waals surface area contributed by atoms with Crippen molar-refractivity contribution >= 4 is 39.6 Å². The molecule has 5 rings (SSSR count). The smallest absolute Gasteiger partial charge is 0.194 e. The minimum absolute atomic E-state index is 0.157. The summed E-state index contributed by atoms with van der Waals surface area (Å²) < 4.78 is 26.0. The van der Waals surface area contributed by atoms with Crippen molar-refractivity contribution in [2.75, 3.05) is 12.3 Å². The highest BCUT2D eigenvalue weighted by Gasteiger charge is 2.52. The minimum atomic E-state index is -0.666. The molecule has 0 aliphatic carbocycles. The molecule has 136 valence electrons. The van der Waals surface area contributed by atoms with Gasteiger partial charge in [0.1, 0.15) is 12.2 Å². The maximum absolute atomic E-state index is 6.09. The summed E-state index contributed by atoms with van der Waals surface area (Å²) in [5, 5.41) is 0. The van der Waals surface area contributed by atoms with Crippen molar-refractivity contribution in [1.82, 2.24) is 19.5 Å². The largest absolute Gasteiger partial charge is 0.461 e.